The molecule has 1 fully saturated rings. The van der Waals surface area contributed by atoms with E-state index in [1.54, 1.807) is 12.1 Å². The SMILES string of the molecule is OCCN(CCC(O)c1ccc(F)cc1)C1CCC1. The van der Waals surface area contributed by atoms with Crippen molar-refractivity contribution in [3.8, 4) is 0 Å². The summed E-state index contributed by atoms with van der Waals surface area (Å²) >= 11 is 0. The summed E-state index contributed by atoms with van der Waals surface area (Å²) in [5, 5.41) is 19.2. The summed E-state index contributed by atoms with van der Waals surface area (Å²) in [6.45, 7) is 1.59. The van der Waals surface area contributed by atoms with Gasteiger partial charge in [0.15, 0.2) is 0 Å². The molecule has 1 aromatic carbocycles. The number of aliphatic hydroxyl groups excluding tert-OH is 2. The van der Waals surface area contributed by atoms with E-state index < -0.39 is 6.10 Å². The normalized spacial score (nSPS) is 17.5. The Balaban J connectivity index is 1.83. The van der Waals surface area contributed by atoms with Gasteiger partial charge >= 0.3 is 0 Å². The highest BCUT2D eigenvalue weighted by atomic mass is 19.1. The Morgan fingerprint density at radius 1 is 1.21 bits per heavy atom. The van der Waals surface area contributed by atoms with E-state index in [2.05, 4.69) is 4.90 Å². The highest BCUT2D eigenvalue weighted by molar-refractivity contribution is 5.18. The molecule has 1 aliphatic carbocycles. The van der Waals surface area contributed by atoms with Crippen molar-refractivity contribution in [1.82, 2.24) is 4.90 Å². The predicted octanol–water partition coefficient (Wildman–Crippen LogP) is 2.10. The maximum Gasteiger partial charge on any atom is 0.123 e. The molecule has 106 valence electrons. The molecule has 1 unspecified atom stereocenters. The average Bonchev–Trinajstić information content (AvgIpc) is 2.34. The Hall–Kier alpha value is -0.970. The van der Waals surface area contributed by atoms with Crippen LogP contribution in [0.5, 0.6) is 0 Å². The molecule has 2 N–H and O–H groups in total. The van der Waals surface area contributed by atoms with E-state index in [4.69, 9.17) is 5.11 Å². The van der Waals surface area contributed by atoms with Crippen LogP contribution in [-0.2, 0) is 0 Å². The fourth-order valence-electron chi connectivity index (χ4n) is 2.50. The van der Waals surface area contributed by atoms with Crippen molar-refractivity contribution in [3.63, 3.8) is 0 Å². The maximum absolute atomic E-state index is 12.8. The second-order valence-electron chi connectivity index (χ2n) is 5.20. The van der Waals surface area contributed by atoms with Crippen LogP contribution in [0.1, 0.15) is 37.4 Å². The summed E-state index contributed by atoms with van der Waals surface area (Å²) in [5.41, 5.74) is 0.749. The Morgan fingerprint density at radius 3 is 2.42 bits per heavy atom. The van der Waals surface area contributed by atoms with Gasteiger partial charge in [-0.2, -0.15) is 0 Å². The fraction of sp³-hybridized carbons (Fsp3) is 0.600. The molecule has 1 aliphatic rings. The molecule has 19 heavy (non-hydrogen) atoms. The standard InChI is InChI=1S/C15H22FNO2/c16-13-6-4-12(5-7-13)15(19)8-9-17(10-11-18)14-2-1-3-14/h4-7,14-15,18-19H,1-3,8-11H2. The first-order valence-electron chi connectivity index (χ1n) is 6.99. The third-order valence-corrected chi connectivity index (χ3v) is 3.92. The van der Waals surface area contributed by atoms with Crippen LogP contribution in [0.15, 0.2) is 24.3 Å². The molecule has 0 aliphatic heterocycles. The van der Waals surface area contributed by atoms with Crippen LogP contribution in [-0.4, -0.2) is 40.9 Å². The number of aliphatic hydroxyl groups is 2. The van der Waals surface area contributed by atoms with Crippen molar-refractivity contribution in [2.75, 3.05) is 19.7 Å². The fourth-order valence-corrected chi connectivity index (χ4v) is 2.50. The molecule has 1 aromatic rings. The second-order valence-corrected chi connectivity index (χ2v) is 5.20. The molecule has 1 atom stereocenters. The smallest absolute Gasteiger partial charge is 0.123 e. The van der Waals surface area contributed by atoms with E-state index in [-0.39, 0.29) is 12.4 Å². The summed E-state index contributed by atoms with van der Waals surface area (Å²) < 4.78 is 12.8. The van der Waals surface area contributed by atoms with E-state index in [1.165, 1.54) is 31.4 Å². The van der Waals surface area contributed by atoms with Gasteiger partial charge in [0.1, 0.15) is 5.82 Å². The van der Waals surface area contributed by atoms with Crippen LogP contribution in [0.4, 0.5) is 4.39 Å². The lowest BCUT2D eigenvalue weighted by Crippen LogP contribution is -2.42. The van der Waals surface area contributed by atoms with Gasteiger partial charge in [0.05, 0.1) is 12.7 Å². The summed E-state index contributed by atoms with van der Waals surface area (Å²) in [7, 11) is 0. The molecule has 0 spiro atoms. The third-order valence-electron chi connectivity index (χ3n) is 3.92. The van der Waals surface area contributed by atoms with Gasteiger partial charge in [-0.1, -0.05) is 18.6 Å². The molecule has 0 heterocycles. The summed E-state index contributed by atoms with van der Waals surface area (Å²) in [6.07, 6.45) is 3.68. The molecular weight excluding hydrogens is 245 g/mol. The largest absolute Gasteiger partial charge is 0.395 e. The average molecular weight is 267 g/mol. The lowest BCUT2D eigenvalue weighted by Gasteiger charge is -2.37. The van der Waals surface area contributed by atoms with Crippen LogP contribution in [0.3, 0.4) is 0 Å². The van der Waals surface area contributed by atoms with Gasteiger partial charge in [-0.05, 0) is 37.0 Å². The van der Waals surface area contributed by atoms with E-state index in [0.29, 0.717) is 19.0 Å². The Kier molecular flexibility index (Phi) is 5.31. The van der Waals surface area contributed by atoms with Crippen LogP contribution >= 0.6 is 0 Å². The minimum Gasteiger partial charge on any atom is -0.395 e. The third kappa shape index (κ3) is 4.00. The number of hydrogen-bond acceptors (Lipinski definition) is 3. The molecule has 2 rings (SSSR count). The zero-order valence-corrected chi connectivity index (χ0v) is 11.1. The number of rotatable bonds is 7. The highest BCUT2D eigenvalue weighted by Gasteiger charge is 2.24. The van der Waals surface area contributed by atoms with Gasteiger partial charge in [0.2, 0.25) is 0 Å². The van der Waals surface area contributed by atoms with Crippen molar-refractivity contribution < 1.29 is 14.6 Å². The molecule has 3 nitrogen and oxygen atoms in total. The molecule has 1 saturated carbocycles. The monoisotopic (exact) mass is 267 g/mol. The Morgan fingerprint density at radius 2 is 1.89 bits per heavy atom. The van der Waals surface area contributed by atoms with E-state index in [9.17, 15) is 9.50 Å². The Bertz CT molecular complexity index is 378. The van der Waals surface area contributed by atoms with E-state index in [1.807, 2.05) is 0 Å². The van der Waals surface area contributed by atoms with Crippen LogP contribution in [0, 0.1) is 5.82 Å². The van der Waals surface area contributed by atoms with Gasteiger partial charge in [-0.3, -0.25) is 4.90 Å². The van der Waals surface area contributed by atoms with E-state index >= 15 is 0 Å². The molecule has 4 heteroatoms. The molecule has 0 bridgehead atoms. The zero-order chi connectivity index (χ0) is 13.7. The van der Waals surface area contributed by atoms with Crippen molar-refractivity contribution in [1.29, 1.82) is 0 Å². The van der Waals surface area contributed by atoms with Crippen molar-refractivity contribution in [2.24, 2.45) is 0 Å². The van der Waals surface area contributed by atoms with Crippen LogP contribution < -0.4 is 0 Å². The minimum atomic E-state index is -0.568. The number of hydrogen-bond donors (Lipinski definition) is 2. The molecule has 0 aromatic heterocycles. The second kappa shape index (κ2) is 6.98. The summed E-state index contributed by atoms with van der Waals surface area (Å²) in [5.74, 6) is -0.285. The molecular formula is C15H22FNO2. The van der Waals surface area contributed by atoms with Crippen LogP contribution in [0.25, 0.3) is 0 Å². The predicted molar refractivity (Wildman–Crippen MR) is 72.3 cm³/mol. The number of nitrogens with zero attached hydrogens (tertiary/aromatic N) is 1. The molecule has 0 amide bonds. The van der Waals surface area contributed by atoms with E-state index in [0.717, 1.165) is 12.1 Å². The van der Waals surface area contributed by atoms with Gasteiger partial charge in [0, 0.05) is 19.1 Å². The first-order chi connectivity index (χ1) is 9.20. The number of halogens is 1. The lowest BCUT2D eigenvalue weighted by atomic mass is 9.91. The van der Waals surface area contributed by atoms with Crippen molar-refractivity contribution >= 4 is 0 Å². The number of benzene rings is 1. The van der Waals surface area contributed by atoms with Crippen molar-refractivity contribution in [3.05, 3.63) is 35.6 Å². The van der Waals surface area contributed by atoms with Gasteiger partial charge in [-0.25, -0.2) is 4.39 Å². The van der Waals surface area contributed by atoms with Gasteiger partial charge in [0.25, 0.3) is 0 Å². The minimum absolute atomic E-state index is 0.156. The summed E-state index contributed by atoms with van der Waals surface area (Å²) in [6, 6.07) is 6.55. The quantitative estimate of drug-likeness (QED) is 0.795. The summed E-state index contributed by atoms with van der Waals surface area (Å²) in [4.78, 5) is 2.25. The first kappa shape index (κ1) is 14.4. The van der Waals surface area contributed by atoms with Crippen molar-refractivity contribution in [2.45, 2.75) is 37.8 Å². The van der Waals surface area contributed by atoms with Crippen LogP contribution in [0.2, 0.25) is 0 Å². The lowest BCUT2D eigenvalue weighted by molar-refractivity contribution is 0.0765. The Labute approximate surface area is 113 Å². The van der Waals surface area contributed by atoms with Gasteiger partial charge < -0.3 is 10.2 Å². The zero-order valence-electron chi connectivity index (χ0n) is 11.1. The highest BCUT2D eigenvalue weighted by Crippen LogP contribution is 2.26. The maximum atomic E-state index is 12.8. The topological polar surface area (TPSA) is 43.7 Å². The molecule has 0 saturated heterocycles. The first-order valence-corrected chi connectivity index (χ1v) is 6.99. The molecule has 0 radical (unpaired) electrons. The van der Waals surface area contributed by atoms with Gasteiger partial charge in [-0.15, -0.1) is 0 Å².